The lowest BCUT2D eigenvalue weighted by molar-refractivity contribution is -0.117. The van der Waals surface area contributed by atoms with E-state index < -0.39 is 76.2 Å². The van der Waals surface area contributed by atoms with Crippen LogP contribution in [0, 0.1) is 51.5 Å². The summed E-state index contributed by atoms with van der Waals surface area (Å²) < 4.78 is 93.7. The van der Waals surface area contributed by atoms with E-state index in [4.69, 9.17) is 17.2 Å². The van der Waals surface area contributed by atoms with Crippen molar-refractivity contribution in [3.63, 3.8) is 0 Å². The van der Waals surface area contributed by atoms with Gasteiger partial charge in [-0.15, -0.1) is 0 Å². The number of anilines is 3. The smallest absolute Gasteiger partial charge is 0.412 e. The zero-order chi connectivity index (χ0) is 78.8. The van der Waals surface area contributed by atoms with E-state index in [1.807, 2.05) is 80.8 Å². The molecule has 3 saturated heterocycles. The van der Waals surface area contributed by atoms with E-state index in [1.165, 1.54) is 47.2 Å². The lowest BCUT2D eigenvalue weighted by atomic mass is 9.75. The van der Waals surface area contributed by atoms with Gasteiger partial charge < -0.3 is 32.0 Å². The maximum atomic E-state index is 15.9. The number of rotatable bonds is 23. The fourth-order valence-electron chi connectivity index (χ4n) is 14.6. The first kappa shape index (κ1) is 79.2. The molecule has 9 N–H and O–H groups in total. The Hall–Kier alpha value is -11.9. The number of hydrogen-bond acceptors (Lipinski definition) is 19. The number of primary amides is 3. The van der Waals surface area contributed by atoms with Gasteiger partial charge in [-0.3, -0.25) is 67.9 Å². The molecule has 5 aromatic heterocycles. The molecule has 6 amide bonds. The van der Waals surface area contributed by atoms with E-state index in [9.17, 15) is 48.9 Å². The molecule has 0 bridgehead atoms. The van der Waals surface area contributed by atoms with Gasteiger partial charge in [0, 0.05) is 131 Å². The van der Waals surface area contributed by atoms with E-state index in [1.54, 1.807) is 48.1 Å². The molecule has 35 heteroatoms. The van der Waals surface area contributed by atoms with Gasteiger partial charge in [0.15, 0.2) is 23.1 Å². The molecule has 2 aliphatic carbocycles. The SMILES string of the molecule is CCn1ccc(-c2ccc(CN3CCC(CC#N)(n4cc(C(N)=O)c(NC(=O)C5CC5)n4)C(F)C3)c(F)c2)n1.CCn1ccc(-c2ccc(CN3CCC(CC#N)(n4cc(C(N)=O)c(NC(=O)OC)n4)C(F)C3)c(F)c2)n1.COC(=O)Nc1nn(C2(CC#N)CCC(N3CC(F)(c4ccccc4)C3)CC2)cc1C(N)=O. The first-order chi connectivity index (χ1) is 52.7. The first-order valence-corrected chi connectivity index (χ1v) is 35.9. The van der Waals surface area contributed by atoms with Crippen molar-refractivity contribution in [3.05, 3.63) is 155 Å². The van der Waals surface area contributed by atoms with Crippen LogP contribution in [0.3, 0.4) is 0 Å². The van der Waals surface area contributed by atoms with Crippen LogP contribution >= 0.6 is 0 Å². The predicted octanol–water partition coefficient (Wildman–Crippen LogP) is 9.13. The number of carbonyl (C=O) groups is 6. The second-order valence-corrected chi connectivity index (χ2v) is 28.1. The van der Waals surface area contributed by atoms with Gasteiger partial charge in [-0.25, -0.2) is 31.5 Å². The summed E-state index contributed by atoms with van der Waals surface area (Å²) in [6, 6.07) is 29.1. The van der Waals surface area contributed by atoms with Gasteiger partial charge in [-0.05, 0) is 95.0 Å². The Kier molecular flexibility index (Phi) is 24.3. The third-order valence-corrected chi connectivity index (χ3v) is 21.3. The molecule has 4 unspecified atom stereocenters. The van der Waals surface area contributed by atoms with Gasteiger partial charge in [0.1, 0.15) is 51.7 Å². The number of nitrogens with zero attached hydrogens (tertiary/aromatic N) is 16. The van der Waals surface area contributed by atoms with Gasteiger partial charge in [0.25, 0.3) is 17.7 Å². The number of benzene rings is 3. The minimum absolute atomic E-state index is 0.00149. The standard InChI is InChI=1S/C27H30F2N8O2.C25H28F2N8O3.C23H27FN6O3/c1-2-36-11-7-22(33-36)18-5-6-19(21(28)13-18)14-35-12-9-27(8-10-30,23(29)16-35)37-15-20(24(31)38)25(34-37)32-26(39)17-3-4-17;1-3-34-10-6-20(31-34)16-4-5-17(19(26)12-16)13-33-11-8-25(7-9-28,21(27)15-33)35-14-18(22(29)36)23(32-35)30-24(37)38-2;1-33-21(32)27-20-18(19(26)31)13-30(28-20)22(11-12-25)9-7-17(8-10-22)29-14-23(24,15-29)16-5-3-2-4-6-16/h5-7,11,13,15,17,23H,2-4,8-9,12,14,16H2,1H3,(H2,31,38)(H,32,34,39);4-6,10,12,14,21H,3,7-8,11,13,15H2,1-2H3,(H2,29,36)(H,30,32,37);2-6,13,17H,7-11,14-15H2,1H3,(H2,26,31)(H,27,28,32). The van der Waals surface area contributed by atoms with Crippen LogP contribution in [0.4, 0.5) is 49.0 Å². The Bertz CT molecular complexity index is 4830. The summed E-state index contributed by atoms with van der Waals surface area (Å²) in [6.07, 6.45) is 7.24. The van der Waals surface area contributed by atoms with Crippen molar-refractivity contribution in [2.75, 3.05) is 69.4 Å². The number of nitriles is 3. The predicted molar refractivity (Wildman–Crippen MR) is 389 cm³/mol. The summed E-state index contributed by atoms with van der Waals surface area (Å²) in [6.45, 7) is 6.93. The molecule has 0 spiro atoms. The minimum Gasteiger partial charge on any atom is -0.453 e. The van der Waals surface area contributed by atoms with E-state index in [0.717, 1.165) is 32.8 Å². The number of amides is 6. The molecule has 4 atom stereocenters. The van der Waals surface area contributed by atoms with Crippen LogP contribution < -0.4 is 33.2 Å². The quantitative estimate of drug-likeness (QED) is 0.0325. The van der Waals surface area contributed by atoms with Crippen LogP contribution in [-0.2, 0) is 62.7 Å². The fourth-order valence-corrected chi connectivity index (χ4v) is 14.6. The number of methoxy groups -OCH3 is 2. The molecule has 8 heterocycles. The van der Waals surface area contributed by atoms with Crippen molar-refractivity contribution in [2.24, 2.45) is 23.1 Å². The minimum atomic E-state index is -1.59. The number of ether oxygens (including phenoxy) is 2. The molecule has 8 aromatic rings. The van der Waals surface area contributed by atoms with Crippen LogP contribution in [0.1, 0.15) is 132 Å². The van der Waals surface area contributed by atoms with Crippen LogP contribution in [0.25, 0.3) is 22.5 Å². The van der Waals surface area contributed by atoms with Gasteiger partial charge in [0.05, 0.1) is 68.6 Å². The van der Waals surface area contributed by atoms with E-state index in [-0.39, 0.29) is 110 Å². The molecule has 0 radical (unpaired) electrons. The van der Waals surface area contributed by atoms with Crippen LogP contribution in [0.2, 0.25) is 0 Å². The number of carbonyl (C=O) groups excluding carboxylic acids is 6. The Morgan fingerprint density at radius 1 is 0.564 bits per heavy atom. The zero-order valence-electron chi connectivity index (χ0n) is 61.1. The number of halogens is 5. The monoisotopic (exact) mass is 1520 g/mol. The fraction of sp³-hybridized carbons (Fsp3) is 0.440. The van der Waals surface area contributed by atoms with Crippen molar-refractivity contribution >= 4 is 53.3 Å². The maximum absolute atomic E-state index is 15.9. The number of aromatic nitrogens is 10. The van der Waals surface area contributed by atoms with Crippen LogP contribution in [-0.4, -0.2) is 171 Å². The summed E-state index contributed by atoms with van der Waals surface area (Å²) >= 11 is 0. The summed E-state index contributed by atoms with van der Waals surface area (Å²) in [5.41, 5.74) is 15.7. The third-order valence-electron chi connectivity index (χ3n) is 21.3. The maximum Gasteiger partial charge on any atom is 0.412 e. The lowest BCUT2D eigenvalue weighted by Gasteiger charge is -2.51. The summed E-state index contributed by atoms with van der Waals surface area (Å²) in [5, 5.41) is 57.6. The first-order valence-electron chi connectivity index (χ1n) is 35.9. The second-order valence-electron chi connectivity index (χ2n) is 28.1. The number of piperidine rings is 2. The summed E-state index contributed by atoms with van der Waals surface area (Å²) in [5.74, 6) is -3.89. The third kappa shape index (κ3) is 17.2. The zero-order valence-corrected chi connectivity index (χ0v) is 61.1. The van der Waals surface area contributed by atoms with Crippen molar-refractivity contribution in [2.45, 2.75) is 151 Å². The molecule has 30 nitrogen and oxygen atoms in total. The number of aryl methyl sites for hydroxylation is 2. The average Bonchev–Trinajstić information content (AvgIpc) is 1.03. The highest BCUT2D eigenvalue weighted by Crippen LogP contribution is 2.46. The molecule has 2 saturated carbocycles. The van der Waals surface area contributed by atoms with Crippen molar-refractivity contribution < 1.29 is 60.2 Å². The molecule has 578 valence electrons. The number of nitrogens with one attached hydrogen (secondary N) is 3. The van der Waals surface area contributed by atoms with Crippen molar-refractivity contribution in [3.8, 4) is 40.7 Å². The Morgan fingerprint density at radius 2 is 0.991 bits per heavy atom. The van der Waals surface area contributed by atoms with E-state index in [2.05, 4.69) is 61.9 Å². The van der Waals surface area contributed by atoms with Gasteiger partial charge in [0.2, 0.25) is 5.91 Å². The Balaban J connectivity index is 0.000000164. The molecule has 3 aromatic carbocycles. The van der Waals surface area contributed by atoms with Crippen LogP contribution in [0.15, 0.2) is 110 Å². The average molecular weight is 1520 g/mol. The number of hydrogen-bond donors (Lipinski definition) is 6. The van der Waals surface area contributed by atoms with E-state index >= 15 is 17.6 Å². The van der Waals surface area contributed by atoms with Gasteiger partial charge >= 0.3 is 12.2 Å². The summed E-state index contributed by atoms with van der Waals surface area (Å²) in [4.78, 5) is 77.2. The molecule has 5 aliphatic rings. The molecule has 5 fully saturated rings. The molecular weight excluding hydrogens is 1430 g/mol. The normalized spacial score (nSPS) is 21.7. The topological polar surface area (TPSA) is 405 Å². The van der Waals surface area contributed by atoms with E-state index in [0.29, 0.717) is 91.3 Å². The van der Waals surface area contributed by atoms with Crippen molar-refractivity contribution in [1.82, 2.24) is 63.6 Å². The highest BCUT2D eigenvalue weighted by atomic mass is 19.2. The Labute approximate surface area is 629 Å². The summed E-state index contributed by atoms with van der Waals surface area (Å²) in [7, 11) is 2.34. The second kappa shape index (κ2) is 33.7. The van der Waals surface area contributed by atoms with Gasteiger partial charge in [-0.1, -0.05) is 54.6 Å². The Morgan fingerprint density at radius 3 is 1.37 bits per heavy atom. The number of alkyl halides is 3. The van der Waals surface area contributed by atoms with Gasteiger partial charge in [-0.2, -0.15) is 41.3 Å². The largest absolute Gasteiger partial charge is 0.453 e. The number of likely N-dealkylation sites (tertiary alicyclic amines) is 3. The molecule has 13 rings (SSSR count). The number of nitrogens with two attached hydrogens (primary N) is 3. The molecule has 3 aliphatic heterocycles. The molecule has 110 heavy (non-hydrogen) atoms. The molecular formula is C75H85F5N22O8. The highest BCUT2D eigenvalue weighted by molar-refractivity contribution is 6.03. The van der Waals surface area contributed by atoms with Crippen LogP contribution in [0.5, 0.6) is 0 Å². The lowest BCUT2D eigenvalue weighted by Crippen LogP contribution is -2.61. The van der Waals surface area contributed by atoms with Crippen molar-refractivity contribution in [1.29, 1.82) is 15.8 Å². The highest BCUT2D eigenvalue weighted by Gasteiger charge is 2.51.